The highest BCUT2D eigenvalue weighted by atomic mass is 32.2. The maximum Gasteiger partial charge on any atom is 0.243 e. The number of carbonyl (C=O) groups is 2. The molecule has 1 unspecified atom stereocenters. The number of benzene rings is 1. The van der Waals surface area contributed by atoms with Crippen LogP contribution >= 0.6 is 11.8 Å². The van der Waals surface area contributed by atoms with Crippen molar-refractivity contribution in [2.24, 2.45) is 5.92 Å². The van der Waals surface area contributed by atoms with E-state index < -0.39 is 15.9 Å². The van der Waals surface area contributed by atoms with Gasteiger partial charge < -0.3 is 15.0 Å². The normalized spacial score (nSPS) is 20.9. The molecule has 0 saturated carbocycles. The summed E-state index contributed by atoms with van der Waals surface area (Å²) in [7, 11) is -2.16. The van der Waals surface area contributed by atoms with Crippen LogP contribution in [0.3, 0.4) is 0 Å². The number of methoxy groups -OCH3 is 1. The smallest absolute Gasteiger partial charge is 0.243 e. The Kier molecular flexibility index (Phi) is 7.42. The van der Waals surface area contributed by atoms with Crippen LogP contribution in [0.5, 0.6) is 5.75 Å². The van der Waals surface area contributed by atoms with Crippen LogP contribution < -0.4 is 10.1 Å². The number of ether oxygens (including phenoxy) is 1. The molecular weight excluding hydrogens is 414 g/mol. The van der Waals surface area contributed by atoms with E-state index in [2.05, 4.69) is 5.32 Å². The topological polar surface area (TPSA) is 96.0 Å². The van der Waals surface area contributed by atoms with Crippen molar-refractivity contribution in [3.05, 3.63) is 24.3 Å². The summed E-state index contributed by atoms with van der Waals surface area (Å²) in [5.74, 6) is 1.61. The zero-order valence-electron chi connectivity index (χ0n) is 16.5. The lowest BCUT2D eigenvalue weighted by Gasteiger charge is -2.31. The largest absolute Gasteiger partial charge is 0.497 e. The lowest BCUT2D eigenvalue weighted by atomic mass is 9.99. The van der Waals surface area contributed by atoms with E-state index in [0.717, 1.165) is 11.5 Å². The molecule has 3 rings (SSSR count). The molecular formula is C19H27N3O5S2. The number of nitrogens with zero attached hydrogens (tertiary/aromatic N) is 2. The Balaban J connectivity index is 1.57. The van der Waals surface area contributed by atoms with Crippen molar-refractivity contribution >= 4 is 33.6 Å². The van der Waals surface area contributed by atoms with Crippen molar-refractivity contribution in [2.45, 2.75) is 17.7 Å². The summed E-state index contributed by atoms with van der Waals surface area (Å²) in [5, 5.41) is 2.70. The van der Waals surface area contributed by atoms with Crippen LogP contribution in [0.2, 0.25) is 0 Å². The van der Waals surface area contributed by atoms with Crippen molar-refractivity contribution in [2.75, 3.05) is 51.3 Å². The van der Waals surface area contributed by atoms with Gasteiger partial charge in [0.25, 0.3) is 0 Å². The van der Waals surface area contributed by atoms with Crippen LogP contribution in [-0.2, 0) is 19.6 Å². The fraction of sp³-hybridized carbons (Fsp3) is 0.579. The predicted molar refractivity (Wildman–Crippen MR) is 111 cm³/mol. The quantitative estimate of drug-likeness (QED) is 0.701. The number of thioether (sulfide) groups is 1. The van der Waals surface area contributed by atoms with E-state index >= 15 is 0 Å². The molecule has 2 heterocycles. The van der Waals surface area contributed by atoms with Crippen LogP contribution in [0.15, 0.2) is 29.2 Å². The fourth-order valence-electron chi connectivity index (χ4n) is 3.50. The van der Waals surface area contributed by atoms with Crippen molar-refractivity contribution in [1.82, 2.24) is 14.5 Å². The van der Waals surface area contributed by atoms with Gasteiger partial charge in [0.05, 0.1) is 24.5 Å². The average Bonchev–Trinajstić information content (AvgIpc) is 2.78. The summed E-state index contributed by atoms with van der Waals surface area (Å²) in [6, 6.07) is 6.22. The van der Waals surface area contributed by atoms with E-state index in [1.807, 2.05) is 11.8 Å². The number of piperidine rings is 1. The maximum atomic E-state index is 12.9. The standard InChI is InChI=1S/C19H27N3O5S2/c1-27-16-4-6-17(7-5-16)29(25,26)22-8-2-3-15(14-22)19(24)20-13-18(23)21-9-11-28-12-10-21/h4-7,15H,2-3,8-14H2,1H3,(H,20,24). The number of hydrogen-bond donors (Lipinski definition) is 1. The Labute approximate surface area is 176 Å². The van der Waals surface area contributed by atoms with E-state index in [1.165, 1.54) is 23.5 Å². The van der Waals surface area contributed by atoms with Gasteiger partial charge >= 0.3 is 0 Å². The second kappa shape index (κ2) is 9.82. The molecule has 0 aromatic heterocycles. The van der Waals surface area contributed by atoms with Gasteiger partial charge in [0, 0.05) is 37.7 Å². The predicted octanol–water partition coefficient (Wildman–Crippen LogP) is 0.788. The van der Waals surface area contributed by atoms with E-state index in [9.17, 15) is 18.0 Å². The Morgan fingerprint density at radius 2 is 1.86 bits per heavy atom. The van der Waals surface area contributed by atoms with E-state index in [1.54, 1.807) is 17.0 Å². The number of carbonyl (C=O) groups excluding carboxylic acids is 2. The maximum absolute atomic E-state index is 12.9. The first-order chi connectivity index (χ1) is 13.9. The Hall–Kier alpha value is -1.78. The van der Waals surface area contributed by atoms with Crippen LogP contribution in [0.4, 0.5) is 0 Å². The van der Waals surface area contributed by atoms with E-state index in [0.29, 0.717) is 38.2 Å². The van der Waals surface area contributed by atoms with Gasteiger partial charge in [0.2, 0.25) is 21.8 Å². The zero-order valence-corrected chi connectivity index (χ0v) is 18.1. The van der Waals surface area contributed by atoms with E-state index in [4.69, 9.17) is 4.74 Å². The van der Waals surface area contributed by atoms with Gasteiger partial charge in [-0.3, -0.25) is 9.59 Å². The molecule has 1 atom stereocenters. The molecule has 8 nitrogen and oxygen atoms in total. The van der Waals surface area contributed by atoms with Gasteiger partial charge in [-0.2, -0.15) is 16.1 Å². The van der Waals surface area contributed by atoms with Gasteiger partial charge in [-0.1, -0.05) is 0 Å². The van der Waals surface area contributed by atoms with Gasteiger partial charge in [0.15, 0.2) is 0 Å². The fourth-order valence-corrected chi connectivity index (χ4v) is 5.93. The summed E-state index contributed by atoms with van der Waals surface area (Å²) in [6.07, 6.45) is 1.21. The molecule has 160 valence electrons. The van der Waals surface area contributed by atoms with Crippen molar-refractivity contribution in [3.63, 3.8) is 0 Å². The van der Waals surface area contributed by atoms with Gasteiger partial charge in [-0.05, 0) is 37.1 Å². The van der Waals surface area contributed by atoms with Crippen LogP contribution in [0, 0.1) is 5.92 Å². The summed E-state index contributed by atoms with van der Waals surface area (Å²) in [5.41, 5.74) is 0. The monoisotopic (exact) mass is 441 g/mol. The molecule has 2 aliphatic rings. The van der Waals surface area contributed by atoms with Crippen molar-refractivity contribution in [1.29, 1.82) is 0 Å². The second-order valence-corrected chi connectivity index (χ2v) is 10.3. The lowest BCUT2D eigenvalue weighted by Crippen LogP contribution is -2.48. The Morgan fingerprint density at radius 1 is 1.17 bits per heavy atom. The summed E-state index contributed by atoms with van der Waals surface area (Å²) in [4.78, 5) is 26.7. The number of sulfonamides is 1. The van der Waals surface area contributed by atoms with Gasteiger partial charge in [-0.25, -0.2) is 8.42 Å². The van der Waals surface area contributed by atoms with Gasteiger partial charge in [0.1, 0.15) is 5.75 Å². The van der Waals surface area contributed by atoms with Crippen molar-refractivity contribution in [3.8, 4) is 5.75 Å². The summed E-state index contributed by atoms with van der Waals surface area (Å²) < 4.78 is 32.3. The third-order valence-corrected chi connectivity index (χ3v) is 8.05. The van der Waals surface area contributed by atoms with Crippen molar-refractivity contribution < 1.29 is 22.7 Å². The van der Waals surface area contributed by atoms with Crippen LogP contribution in [0.1, 0.15) is 12.8 Å². The SMILES string of the molecule is COc1ccc(S(=O)(=O)N2CCCC(C(=O)NCC(=O)N3CCSCC3)C2)cc1. The molecule has 0 bridgehead atoms. The number of nitrogens with one attached hydrogen (secondary N) is 1. The number of amides is 2. The lowest BCUT2D eigenvalue weighted by molar-refractivity contribution is -0.134. The van der Waals surface area contributed by atoms with Gasteiger partial charge in [-0.15, -0.1) is 0 Å². The molecule has 2 amide bonds. The second-order valence-electron chi connectivity index (χ2n) is 7.09. The molecule has 2 saturated heterocycles. The Bertz CT molecular complexity index is 823. The molecule has 2 fully saturated rings. The number of hydrogen-bond acceptors (Lipinski definition) is 6. The molecule has 2 aliphatic heterocycles. The van der Waals surface area contributed by atoms with Crippen LogP contribution in [-0.4, -0.2) is 80.8 Å². The summed E-state index contributed by atoms with van der Waals surface area (Å²) >= 11 is 1.82. The summed E-state index contributed by atoms with van der Waals surface area (Å²) in [6.45, 7) is 1.87. The molecule has 0 aliphatic carbocycles. The molecule has 10 heteroatoms. The first-order valence-corrected chi connectivity index (χ1v) is 12.3. The minimum absolute atomic E-state index is 0.0365. The minimum Gasteiger partial charge on any atom is -0.497 e. The molecule has 1 aromatic rings. The molecule has 1 aromatic carbocycles. The first kappa shape index (κ1) is 21.9. The molecule has 0 spiro atoms. The van der Waals surface area contributed by atoms with E-state index in [-0.39, 0.29) is 29.8 Å². The Morgan fingerprint density at radius 3 is 2.52 bits per heavy atom. The third-order valence-electron chi connectivity index (χ3n) is 5.23. The molecule has 0 radical (unpaired) electrons. The first-order valence-electron chi connectivity index (χ1n) is 9.69. The zero-order chi connectivity index (χ0) is 20.9. The average molecular weight is 442 g/mol. The third kappa shape index (κ3) is 5.43. The highest BCUT2D eigenvalue weighted by Gasteiger charge is 2.33. The molecule has 1 N–H and O–H groups in total. The van der Waals surface area contributed by atoms with Crippen LogP contribution in [0.25, 0.3) is 0 Å². The minimum atomic E-state index is -3.68. The number of rotatable bonds is 6. The highest BCUT2D eigenvalue weighted by molar-refractivity contribution is 7.99. The highest BCUT2D eigenvalue weighted by Crippen LogP contribution is 2.25. The molecule has 29 heavy (non-hydrogen) atoms.